The third-order valence-corrected chi connectivity index (χ3v) is 5.32. The van der Waals surface area contributed by atoms with E-state index in [0.717, 1.165) is 27.2 Å². The van der Waals surface area contributed by atoms with Gasteiger partial charge in [0.1, 0.15) is 0 Å². The van der Waals surface area contributed by atoms with Crippen molar-refractivity contribution in [3.63, 3.8) is 0 Å². The summed E-state index contributed by atoms with van der Waals surface area (Å²) in [7, 11) is 0. The van der Waals surface area contributed by atoms with Crippen LogP contribution in [0.5, 0.6) is 0 Å². The van der Waals surface area contributed by atoms with E-state index >= 15 is 0 Å². The number of carboxylic acids is 1. The van der Waals surface area contributed by atoms with Crippen molar-refractivity contribution in [3.05, 3.63) is 58.5 Å². The molecule has 0 aliphatic carbocycles. The summed E-state index contributed by atoms with van der Waals surface area (Å²) in [5.74, 6) is -1.30. The van der Waals surface area contributed by atoms with Gasteiger partial charge in [-0.3, -0.25) is 19.6 Å². The standard InChI is InChI=1S/C19H16N4O3S/c24-18(5-6-19(25)26)23-16(11-15(22-23)17-2-1-9-27-17)12-3-4-13-14(10-12)21-8-7-20-13/h1-4,7-10,16H,5-6,11H2,(H,25,26)/t16-/m1/s1. The Hall–Kier alpha value is -3.13. The molecule has 1 amide bonds. The number of thiophene rings is 1. The average Bonchev–Trinajstić information content (AvgIpc) is 3.35. The number of aromatic nitrogens is 2. The van der Waals surface area contributed by atoms with Crippen molar-refractivity contribution >= 4 is 40.0 Å². The minimum atomic E-state index is -0.998. The minimum absolute atomic E-state index is 0.0829. The molecule has 136 valence electrons. The van der Waals surface area contributed by atoms with Crippen molar-refractivity contribution in [2.45, 2.75) is 25.3 Å². The van der Waals surface area contributed by atoms with Crippen molar-refractivity contribution in [1.82, 2.24) is 15.0 Å². The minimum Gasteiger partial charge on any atom is -0.481 e. The Morgan fingerprint density at radius 2 is 1.96 bits per heavy atom. The lowest BCUT2D eigenvalue weighted by atomic mass is 10.00. The summed E-state index contributed by atoms with van der Waals surface area (Å²) in [4.78, 5) is 33.1. The molecule has 1 N–H and O–H groups in total. The summed E-state index contributed by atoms with van der Waals surface area (Å²) < 4.78 is 0. The molecule has 0 spiro atoms. The zero-order valence-electron chi connectivity index (χ0n) is 14.3. The SMILES string of the molecule is O=C(O)CCC(=O)N1N=C(c2cccs2)C[C@@H]1c1ccc2nccnc2c1. The summed E-state index contributed by atoms with van der Waals surface area (Å²) in [5.41, 5.74) is 3.26. The first-order valence-corrected chi connectivity index (χ1v) is 9.35. The van der Waals surface area contributed by atoms with Crippen LogP contribution in [-0.2, 0) is 9.59 Å². The molecule has 1 aromatic carbocycles. The number of aliphatic carboxylic acids is 1. The molecule has 2 aromatic heterocycles. The van der Waals surface area contributed by atoms with E-state index in [4.69, 9.17) is 5.11 Å². The zero-order valence-corrected chi connectivity index (χ0v) is 15.1. The van der Waals surface area contributed by atoms with Gasteiger partial charge in [-0.15, -0.1) is 11.3 Å². The van der Waals surface area contributed by atoms with Crippen molar-refractivity contribution in [2.75, 3.05) is 0 Å². The Labute approximate surface area is 159 Å². The van der Waals surface area contributed by atoms with Gasteiger partial charge in [0.15, 0.2) is 0 Å². The zero-order chi connectivity index (χ0) is 18.8. The number of rotatable bonds is 5. The van der Waals surface area contributed by atoms with Crippen molar-refractivity contribution in [2.24, 2.45) is 5.10 Å². The normalized spacial score (nSPS) is 16.5. The van der Waals surface area contributed by atoms with Crippen LogP contribution in [0.15, 0.2) is 53.2 Å². The molecular formula is C19H16N4O3S. The molecule has 3 heterocycles. The maximum atomic E-state index is 12.6. The molecule has 3 aromatic rings. The largest absolute Gasteiger partial charge is 0.481 e. The Morgan fingerprint density at radius 3 is 2.70 bits per heavy atom. The maximum absolute atomic E-state index is 12.6. The topological polar surface area (TPSA) is 95.8 Å². The summed E-state index contributed by atoms with van der Waals surface area (Å²) in [6, 6.07) is 9.34. The van der Waals surface area contributed by atoms with Gasteiger partial charge >= 0.3 is 5.97 Å². The summed E-state index contributed by atoms with van der Waals surface area (Å²) >= 11 is 1.57. The summed E-state index contributed by atoms with van der Waals surface area (Å²) in [6.45, 7) is 0. The third-order valence-electron chi connectivity index (χ3n) is 4.40. The molecule has 1 aliphatic rings. The average molecular weight is 380 g/mol. The highest BCUT2D eigenvalue weighted by atomic mass is 32.1. The number of benzene rings is 1. The number of nitrogens with zero attached hydrogens (tertiary/aromatic N) is 4. The number of fused-ring (bicyclic) bond motifs is 1. The Balaban J connectivity index is 1.67. The predicted molar refractivity (Wildman–Crippen MR) is 101 cm³/mol. The maximum Gasteiger partial charge on any atom is 0.303 e. The summed E-state index contributed by atoms with van der Waals surface area (Å²) in [5, 5.41) is 16.8. The second kappa shape index (κ2) is 7.24. The van der Waals surface area contributed by atoms with E-state index in [2.05, 4.69) is 15.1 Å². The van der Waals surface area contributed by atoms with Crippen LogP contribution in [0.2, 0.25) is 0 Å². The van der Waals surface area contributed by atoms with Gasteiger partial charge < -0.3 is 5.11 Å². The van der Waals surface area contributed by atoms with E-state index in [1.807, 2.05) is 35.7 Å². The fourth-order valence-corrected chi connectivity index (χ4v) is 3.83. The molecule has 0 radical (unpaired) electrons. The molecule has 8 heteroatoms. The predicted octanol–water partition coefficient (Wildman–Crippen LogP) is 3.23. The molecule has 1 atom stereocenters. The number of hydrazone groups is 1. The van der Waals surface area contributed by atoms with Crippen LogP contribution in [0.4, 0.5) is 0 Å². The number of amides is 1. The van der Waals surface area contributed by atoms with Gasteiger partial charge in [0.25, 0.3) is 0 Å². The van der Waals surface area contributed by atoms with Crippen LogP contribution in [0, 0.1) is 0 Å². The molecular weight excluding hydrogens is 364 g/mol. The molecule has 1 aliphatic heterocycles. The first kappa shape index (κ1) is 17.3. The van der Waals surface area contributed by atoms with Crippen LogP contribution in [-0.4, -0.2) is 37.7 Å². The number of carbonyl (C=O) groups is 2. The van der Waals surface area contributed by atoms with E-state index < -0.39 is 5.97 Å². The smallest absolute Gasteiger partial charge is 0.303 e. The van der Waals surface area contributed by atoms with Gasteiger partial charge in [0.05, 0.1) is 34.1 Å². The molecule has 0 unspecified atom stereocenters. The van der Waals surface area contributed by atoms with E-state index in [1.165, 1.54) is 5.01 Å². The van der Waals surface area contributed by atoms with Gasteiger partial charge in [0, 0.05) is 25.2 Å². The fourth-order valence-electron chi connectivity index (χ4n) is 3.11. The quantitative estimate of drug-likeness (QED) is 0.733. The lowest BCUT2D eigenvalue weighted by molar-refractivity contribution is -0.141. The Morgan fingerprint density at radius 1 is 1.15 bits per heavy atom. The van der Waals surface area contributed by atoms with E-state index in [0.29, 0.717) is 6.42 Å². The van der Waals surface area contributed by atoms with Crippen LogP contribution in [0.25, 0.3) is 11.0 Å². The van der Waals surface area contributed by atoms with E-state index in [1.54, 1.807) is 23.7 Å². The molecule has 0 bridgehead atoms. The van der Waals surface area contributed by atoms with E-state index in [-0.39, 0.29) is 24.8 Å². The van der Waals surface area contributed by atoms with Crippen molar-refractivity contribution in [1.29, 1.82) is 0 Å². The van der Waals surface area contributed by atoms with Crippen LogP contribution in [0.1, 0.15) is 35.7 Å². The van der Waals surface area contributed by atoms with Gasteiger partial charge in [-0.1, -0.05) is 12.1 Å². The monoisotopic (exact) mass is 380 g/mol. The van der Waals surface area contributed by atoms with Gasteiger partial charge in [-0.25, -0.2) is 5.01 Å². The highest BCUT2D eigenvalue weighted by Crippen LogP contribution is 2.35. The molecule has 27 heavy (non-hydrogen) atoms. The van der Waals surface area contributed by atoms with E-state index in [9.17, 15) is 9.59 Å². The van der Waals surface area contributed by atoms with Gasteiger partial charge in [-0.05, 0) is 29.1 Å². The molecule has 7 nitrogen and oxygen atoms in total. The van der Waals surface area contributed by atoms with Crippen molar-refractivity contribution < 1.29 is 14.7 Å². The first-order valence-electron chi connectivity index (χ1n) is 8.47. The van der Waals surface area contributed by atoms with Gasteiger partial charge in [0.2, 0.25) is 5.91 Å². The third kappa shape index (κ3) is 3.56. The molecule has 0 saturated heterocycles. The second-order valence-electron chi connectivity index (χ2n) is 6.18. The van der Waals surface area contributed by atoms with Crippen molar-refractivity contribution in [3.8, 4) is 0 Å². The molecule has 0 saturated carbocycles. The lowest BCUT2D eigenvalue weighted by Crippen LogP contribution is -2.27. The molecule has 4 rings (SSSR count). The lowest BCUT2D eigenvalue weighted by Gasteiger charge is -2.22. The number of hydrogen-bond donors (Lipinski definition) is 1. The van der Waals surface area contributed by atoms with Crippen LogP contribution < -0.4 is 0 Å². The Kier molecular flexibility index (Phi) is 4.64. The van der Waals surface area contributed by atoms with Crippen LogP contribution >= 0.6 is 11.3 Å². The number of carboxylic acid groups (broad SMARTS) is 1. The Bertz CT molecular complexity index is 1030. The fraction of sp³-hybridized carbons (Fsp3) is 0.211. The number of carbonyl (C=O) groups excluding carboxylic acids is 1. The first-order chi connectivity index (χ1) is 13.1. The summed E-state index contributed by atoms with van der Waals surface area (Å²) in [6.07, 6.45) is 3.54. The highest BCUT2D eigenvalue weighted by Gasteiger charge is 2.33. The molecule has 0 fully saturated rings. The number of hydrogen-bond acceptors (Lipinski definition) is 6. The van der Waals surface area contributed by atoms with Gasteiger partial charge in [-0.2, -0.15) is 5.10 Å². The second-order valence-corrected chi connectivity index (χ2v) is 7.13. The van der Waals surface area contributed by atoms with Crippen LogP contribution in [0.3, 0.4) is 0 Å². The highest BCUT2D eigenvalue weighted by molar-refractivity contribution is 7.12.